The first-order valence-electron chi connectivity index (χ1n) is 4.94. The number of nitrogens with one attached hydrogen (secondary N) is 1. The summed E-state index contributed by atoms with van der Waals surface area (Å²) in [4.78, 5) is 21.4. The van der Waals surface area contributed by atoms with E-state index in [4.69, 9.17) is 5.26 Å². The molecule has 10 heteroatoms. The van der Waals surface area contributed by atoms with Crippen LogP contribution in [0.3, 0.4) is 0 Å². The average Bonchev–Trinajstić information content (AvgIpc) is 2.39. The first-order chi connectivity index (χ1) is 9.36. The zero-order chi connectivity index (χ0) is 15.2. The van der Waals surface area contributed by atoms with Crippen molar-refractivity contribution >= 4 is 27.8 Å². The number of hydrogen-bond donors (Lipinski definition) is 2. The Morgan fingerprint density at radius 2 is 1.90 bits per heavy atom. The van der Waals surface area contributed by atoms with Crippen LogP contribution >= 0.6 is 0 Å². The second-order valence-corrected chi connectivity index (χ2v) is 4.74. The van der Waals surface area contributed by atoms with Gasteiger partial charge in [0.05, 0.1) is 0 Å². The van der Waals surface area contributed by atoms with E-state index in [-0.39, 0.29) is 4.90 Å². The minimum atomic E-state index is -4.26. The molecule has 20 heavy (non-hydrogen) atoms. The molecule has 0 spiro atoms. The highest BCUT2D eigenvalue weighted by Gasteiger charge is 2.18. The molecule has 1 rings (SSSR count). The number of rotatable bonds is 4. The lowest BCUT2D eigenvalue weighted by Crippen LogP contribution is -2.39. The zero-order valence-corrected chi connectivity index (χ0v) is 10.6. The maximum atomic E-state index is 11.6. The van der Waals surface area contributed by atoms with Gasteiger partial charge in [0, 0.05) is 0 Å². The Labute approximate surface area is 113 Å². The molecule has 1 aromatic carbocycles. The number of primary amides is 1. The predicted octanol–water partition coefficient (Wildman–Crippen LogP) is -0.534. The van der Waals surface area contributed by atoms with Gasteiger partial charge in [0.2, 0.25) is 5.71 Å². The van der Waals surface area contributed by atoms with Crippen molar-refractivity contribution in [2.75, 3.05) is 0 Å². The van der Waals surface area contributed by atoms with Crippen molar-refractivity contribution in [3.63, 3.8) is 0 Å². The Hall–Kier alpha value is -2.93. The Morgan fingerprint density at radius 3 is 2.40 bits per heavy atom. The molecule has 0 unspecified atom stereocenters. The number of benzene rings is 1. The van der Waals surface area contributed by atoms with E-state index in [1.807, 2.05) is 0 Å². The summed E-state index contributed by atoms with van der Waals surface area (Å²) in [6.45, 7) is 0. The molecule has 0 bridgehead atoms. The number of oxime groups is 1. The maximum Gasteiger partial charge on any atom is 0.358 e. The van der Waals surface area contributed by atoms with E-state index in [2.05, 4.69) is 15.2 Å². The first-order valence-corrected chi connectivity index (χ1v) is 6.35. The number of nitriles is 1. The molecule has 0 saturated heterocycles. The number of nitrogens with zero attached hydrogens (tertiary/aromatic N) is 2. The first kappa shape index (κ1) is 15.1. The summed E-state index contributed by atoms with van der Waals surface area (Å²) in [5.41, 5.74) is 3.70. The van der Waals surface area contributed by atoms with Gasteiger partial charge < -0.3 is 5.73 Å². The molecule has 0 aliphatic carbocycles. The summed E-state index contributed by atoms with van der Waals surface area (Å²) in [5, 5.41) is 13.0. The van der Waals surface area contributed by atoms with Crippen LogP contribution in [0.15, 0.2) is 40.4 Å². The van der Waals surface area contributed by atoms with E-state index in [1.165, 1.54) is 30.3 Å². The third-order valence-electron chi connectivity index (χ3n) is 1.82. The summed E-state index contributed by atoms with van der Waals surface area (Å²) in [7, 11) is -4.26. The number of hydrogen-bond acceptors (Lipinski definition) is 7. The Balaban J connectivity index is 2.93. The molecule has 0 radical (unpaired) electrons. The fourth-order valence-corrected chi connectivity index (χ4v) is 1.75. The molecule has 0 fully saturated rings. The third-order valence-corrected chi connectivity index (χ3v) is 2.94. The molecule has 0 aromatic heterocycles. The maximum absolute atomic E-state index is 11.6. The number of carbonyl (C=O) groups is 2. The lowest BCUT2D eigenvalue weighted by atomic mass is 10.4. The van der Waals surface area contributed by atoms with Crippen LogP contribution in [0, 0.1) is 11.3 Å². The topological polar surface area (TPSA) is 152 Å². The molecular formula is C10H8N4O5S. The third kappa shape index (κ3) is 4.07. The van der Waals surface area contributed by atoms with Gasteiger partial charge in [-0.3, -0.25) is 14.4 Å². The molecule has 104 valence electrons. The molecule has 0 saturated carbocycles. The summed E-state index contributed by atoms with van der Waals surface area (Å²) in [5.74, 6) is -1.27. The molecule has 0 atom stereocenters. The van der Waals surface area contributed by atoms with Crippen molar-refractivity contribution in [3.8, 4) is 6.07 Å². The van der Waals surface area contributed by atoms with Crippen LogP contribution in [0.5, 0.6) is 0 Å². The number of nitrogens with two attached hydrogens (primary N) is 1. The molecule has 3 N–H and O–H groups in total. The van der Waals surface area contributed by atoms with Crippen LogP contribution in [0.2, 0.25) is 0 Å². The quantitative estimate of drug-likeness (QED) is 0.562. The van der Waals surface area contributed by atoms with Crippen molar-refractivity contribution in [2.24, 2.45) is 10.9 Å². The second-order valence-electron chi connectivity index (χ2n) is 3.21. The lowest BCUT2D eigenvalue weighted by Gasteiger charge is -2.01. The van der Waals surface area contributed by atoms with Gasteiger partial charge in [-0.15, -0.1) is 0 Å². The molecule has 9 nitrogen and oxygen atoms in total. The van der Waals surface area contributed by atoms with Crippen molar-refractivity contribution in [3.05, 3.63) is 30.3 Å². The standard InChI is InChI=1S/C10H8N4O5S/c11-6-8(9(15)13-10(12)16)14-19-20(17,18)7-4-2-1-3-5-7/h1-5H,(H3,12,13,15,16). The normalized spacial score (nSPS) is 11.2. The van der Waals surface area contributed by atoms with E-state index in [9.17, 15) is 18.0 Å². The molecular weight excluding hydrogens is 288 g/mol. The fraction of sp³-hybridized carbons (Fsp3) is 0. The monoisotopic (exact) mass is 296 g/mol. The van der Waals surface area contributed by atoms with Crippen molar-refractivity contribution in [1.82, 2.24) is 5.32 Å². The predicted molar refractivity (Wildman–Crippen MR) is 65.5 cm³/mol. The van der Waals surface area contributed by atoms with Crippen LogP contribution in [0.25, 0.3) is 0 Å². The molecule has 0 heterocycles. The van der Waals surface area contributed by atoms with Gasteiger partial charge in [-0.1, -0.05) is 18.2 Å². The highest BCUT2D eigenvalue weighted by Crippen LogP contribution is 2.11. The van der Waals surface area contributed by atoms with Gasteiger partial charge in [-0.05, 0) is 17.3 Å². The van der Waals surface area contributed by atoms with E-state index in [0.717, 1.165) is 0 Å². The van der Waals surface area contributed by atoms with E-state index >= 15 is 0 Å². The molecule has 3 amide bonds. The van der Waals surface area contributed by atoms with Gasteiger partial charge in [-0.2, -0.15) is 13.7 Å². The van der Waals surface area contributed by atoms with Crippen molar-refractivity contribution < 1.29 is 22.3 Å². The summed E-state index contributed by atoms with van der Waals surface area (Å²) >= 11 is 0. The van der Waals surface area contributed by atoms with Gasteiger partial charge in [0.25, 0.3) is 5.91 Å². The minimum Gasteiger partial charge on any atom is -0.351 e. The number of urea groups is 1. The van der Waals surface area contributed by atoms with Gasteiger partial charge in [-0.25, -0.2) is 4.79 Å². The van der Waals surface area contributed by atoms with Crippen LogP contribution in [-0.2, 0) is 19.2 Å². The molecule has 0 aliphatic heterocycles. The largest absolute Gasteiger partial charge is 0.358 e. The SMILES string of the molecule is N#CC(=NOS(=O)(=O)c1ccccc1)C(=O)NC(N)=O. The van der Waals surface area contributed by atoms with E-state index in [0.29, 0.717) is 0 Å². The Kier molecular flexibility index (Phi) is 4.76. The van der Waals surface area contributed by atoms with Crippen LogP contribution < -0.4 is 11.1 Å². The van der Waals surface area contributed by atoms with Crippen LogP contribution in [-0.4, -0.2) is 26.1 Å². The highest BCUT2D eigenvalue weighted by molar-refractivity contribution is 7.86. The molecule has 1 aromatic rings. The Bertz CT molecular complexity index is 690. The smallest absolute Gasteiger partial charge is 0.351 e. The summed E-state index contributed by atoms with van der Waals surface area (Å²) < 4.78 is 27.5. The second kappa shape index (κ2) is 6.30. The highest BCUT2D eigenvalue weighted by atomic mass is 32.2. The van der Waals surface area contributed by atoms with Gasteiger partial charge in [0.15, 0.2) is 0 Å². The summed E-state index contributed by atoms with van der Waals surface area (Å²) in [6, 6.07) is 7.01. The lowest BCUT2D eigenvalue weighted by molar-refractivity contribution is -0.113. The van der Waals surface area contributed by atoms with Gasteiger partial charge >= 0.3 is 16.1 Å². The van der Waals surface area contributed by atoms with E-state index < -0.39 is 27.8 Å². The Morgan fingerprint density at radius 1 is 1.30 bits per heavy atom. The van der Waals surface area contributed by atoms with Crippen molar-refractivity contribution in [2.45, 2.75) is 4.90 Å². The number of carbonyl (C=O) groups excluding carboxylic acids is 2. The van der Waals surface area contributed by atoms with E-state index in [1.54, 1.807) is 11.4 Å². The molecule has 0 aliphatic rings. The average molecular weight is 296 g/mol. The van der Waals surface area contributed by atoms with Crippen molar-refractivity contribution in [1.29, 1.82) is 5.26 Å². The number of imide groups is 1. The van der Waals surface area contributed by atoms with Crippen LogP contribution in [0.1, 0.15) is 0 Å². The zero-order valence-electron chi connectivity index (χ0n) is 9.81. The minimum absolute atomic E-state index is 0.212. The fourth-order valence-electron chi connectivity index (χ4n) is 1.00. The van der Waals surface area contributed by atoms with Gasteiger partial charge in [0.1, 0.15) is 11.0 Å². The summed E-state index contributed by atoms with van der Waals surface area (Å²) in [6.07, 6.45) is 0. The van der Waals surface area contributed by atoms with Crippen LogP contribution in [0.4, 0.5) is 4.79 Å². The number of amides is 3.